The lowest BCUT2D eigenvalue weighted by atomic mass is 10.2. The normalized spacial score (nSPS) is 10.9. The molecule has 5 nitrogen and oxygen atoms in total. The summed E-state index contributed by atoms with van der Waals surface area (Å²) in [5, 5.41) is 13.8. The first kappa shape index (κ1) is 14.7. The smallest absolute Gasteiger partial charge is 0.346 e. The minimum absolute atomic E-state index is 0.278. The molecule has 2 N–H and O–H groups in total. The summed E-state index contributed by atoms with van der Waals surface area (Å²) >= 11 is 7.27. The second-order valence-corrected chi connectivity index (χ2v) is 6.26. The zero-order valence-corrected chi connectivity index (χ0v) is 13.4. The van der Waals surface area contributed by atoms with Crippen molar-refractivity contribution in [3.63, 3.8) is 0 Å². The topological polar surface area (TPSA) is 75.1 Å². The summed E-state index contributed by atoms with van der Waals surface area (Å²) in [6, 6.07) is 5.62. The molecule has 0 aliphatic carbocycles. The van der Waals surface area contributed by atoms with Gasteiger partial charge in [-0.05, 0) is 37.1 Å². The van der Waals surface area contributed by atoms with Crippen molar-refractivity contribution in [3.05, 3.63) is 45.6 Å². The van der Waals surface area contributed by atoms with Crippen molar-refractivity contribution in [1.82, 2.24) is 9.97 Å². The molecule has 0 aliphatic rings. The molecule has 22 heavy (non-hydrogen) atoms. The molecule has 0 atom stereocenters. The highest BCUT2D eigenvalue weighted by Crippen LogP contribution is 2.34. The number of fused-ring (bicyclic) bond motifs is 1. The molecule has 0 radical (unpaired) electrons. The molecule has 2 aromatic heterocycles. The van der Waals surface area contributed by atoms with E-state index in [1.807, 2.05) is 25.1 Å². The van der Waals surface area contributed by atoms with Crippen molar-refractivity contribution < 1.29 is 9.90 Å². The van der Waals surface area contributed by atoms with E-state index >= 15 is 0 Å². The van der Waals surface area contributed by atoms with Crippen LogP contribution in [0.5, 0.6) is 0 Å². The van der Waals surface area contributed by atoms with Crippen LogP contribution in [0.1, 0.15) is 20.8 Å². The van der Waals surface area contributed by atoms with E-state index in [0.717, 1.165) is 28.0 Å². The van der Waals surface area contributed by atoms with Crippen molar-refractivity contribution in [3.8, 4) is 0 Å². The van der Waals surface area contributed by atoms with Gasteiger partial charge in [0.1, 0.15) is 21.9 Å². The number of hydrogen-bond donors (Lipinski definition) is 2. The summed E-state index contributed by atoms with van der Waals surface area (Å²) in [6.07, 6.45) is 1.42. The van der Waals surface area contributed by atoms with Crippen molar-refractivity contribution >= 4 is 50.6 Å². The Kier molecular flexibility index (Phi) is 3.72. The van der Waals surface area contributed by atoms with Gasteiger partial charge in [-0.3, -0.25) is 0 Å². The lowest BCUT2D eigenvalue weighted by Gasteiger charge is -2.08. The largest absolute Gasteiger partial charge is 0.477 e. The van der Waals surface area contributed by atoms with Crippen molar-refractivity contribution in [2.24, 2.45) is 0 Å². The number of rotatable bonds is 3. The number of aromatic nitrogens is 2. The van der Waals surface area contributed by atoms with Gasteiger partial charge in [0.15, 0.2) is 0 Å². The van der Waals surface area contributed by atoms with Crippen LogP contribution in [0.25, 0.3) is 10.2 Å². The summed E-state index contributed by atoms with van der Waals surface area (Å²) in [5.74, 6) is -0.379. The Morgan fingerprint density at radius 1 is 1.32 bits per heavy atom. The molecule has 0 saturated carbocycles. The Hall–Kier alpha value is -2.18. The maximum Gasteiger partial charge on any atom is 0.346 e. The van der Waals surface area contributed by atoms with Gasteiger partial charge in [-0.25, -0.2) is 14.8 Å². The van der Waals surface area contributed by atoms with Crippen LogP contribution in [0.4, 0.5) is 11.5 Å². The molecular weight excluding hydrogens is 322 g/mol. The fraction of sp³-hybridized carbons (Fsp3) is 0.133. The summed E-state index contributed by atoms with van der Waals surface area (Å²) in [4.78, 5) is 20.6. The first-order chi connectivity index (χ1) is 10.5. The zero-order chi connectivity index (χ0) is 15.9. The third kappa shape index (κ3) is 2.51. The zero-order valence-electron chi connectivity index (χ0n) is 11.8. The summed E-state index contributed by atoms with van der Waals surface area (Å²) in [5.41, 5.74) is 2.44. The van der Waals surface area contributed by atoms with Crippen LogP contribution >= 0.6 is 22.9 Å². The van der Waals surface area contributed by atoms with E-state index in [9.17, 15) is 9.90 Å². The molecule has 3 rings (SSSR count). The quantitative estimate of drug-likeness (QED) is 0.742. The molecule has 1 aromatic carbocycles. The van der Waals surface area contributed by atoms with Crippen molar-refractivity contribution in [2.75, 3.05) is 5.32 Å². The monoisotopic (exact) mass is 333 g/mol. The molecule has 0 fully saturated rings. The second-order valence-electron chi connectivity index (χ2n) is 4.85. The van der Waals surface area contributed by atoms with Gasteiger partial charge in [0.05, 0.1) is 5.39 Å². The first-order valence-electron chi connectivity index (χ1n) is 6.48. The molecule has 0 saturated heterocycles. The molecular formula is C15H12ClN3O2S. The maximum absolute atomic E-state index is 11.3. The van der Waals surface area contributed by atoms with E-state index in [-0.39, 0.29) is 4.88 Å². The number of thiophene rings is 1. The number of benzene rings is 1. The molecule has 3 aromatic rings. The summed E-state index contributed by atoms with van der Waals surface area (Å²) in [7, 11) is 0. The lowest BCUT2D eigenvalue weighted by molar-refractivity contribution is 0.0701. The Morgan fingerprint density at radius 3 is 2.77 bits per heavy atom. The van der Waals surface area contributed by atoms with E-state index in [4.69, 9.17) is 11.6 Å². The average Bonchev–Trinajstić information content (AvgIpc) is 2.81. The number of nitrogens with zero attached hydrogens (tertiary/aromatic N) is 2. The Labute approximate surface area is 135 Å². The number of anilines is 2. The Balaban J connectivity index is 2.10. The van der Waals surface area contributed by atoms with E-state index in [1.165, 1.54) is 6.33 Å². The van der Waals surface area contributed by atoms with E-state index in [1.54, 1.807) is 6.92 Å². The van der Waals surface area contributed by atoms with E-state index in [0.29, 0.717) is 21.2 Å². The van der Waals surface area contributed by atoms with Gasteiger partial charge >= 0.3 is 5.97 Å². The number of hydrogen-bond acceptors (Lipinski definition) is 5. The van der Waals surface area contributed by atoms with Crippen LogP contribution in [0.3, 0.4) is 0 Å². The Bertz CT molecular complexity index is 892. The summed E-state index contributed by atoms with van der Waals surface area (Å²) in [6.45, 7) is 3.69. The maximum atomic E-state index is 11.3. The minimum Gasteiger partial charge on any atom is -0.477 e. The molecule has 0 spiro atoms. The van der Waals surface area contributed by atoms with Gasteiger partial charge in [-0.2, -0.15) is 0 Å². The number of halogens is 1. The highest BCUT2D eigenvalue weighted by Gasteiger charge is 2.18. The molecule has 0 unspecified atom stereocenters. The fourth-order valence-electron chi connectivity index (χ4n) is 2.18. The van der Waals surface area contributed by atoms with Gasteiger partial charge < -0.3 is 10.4 Å². The van der Waals surface area contributed by atoms with Crippen LogP contribution in [-0.2, 0) is 0 Å². The van der Waals surface area contributed by atoms with Crippen molar-refractivity contribution in [2.45, 2.75) is 13.8 Å². The van der Waals surface area contributed by atoms with Gasteiger partial charge in [0.2, 0.25) is 0 Å². The Morgan fingerprint density at radius 2 is 2.09 bits per heavy atom. The van der Waals surface area contributed by atoms with E-state index in [2.05, 4.69) is 15.3 Å². The van der Waals surface area contributed by atoms with E-state index < -0.39 is 5.97 Å². The van der Waals surface area contributed by atoms with Crippen LogP contribution in [0, 0.1) is 13.8 Å². The summed E-state index contributed by atoms with van der Waals surface area (Å²) < 4.78 is 0. The third-order valence-electron chi connectivity index (χ3n) is 3.36. The number of carbonyl (C=O) groups is 1. The molecule has 112 valence electrons. The van der Waals surface area contributed by atoms with Crippen LogP contribution in [-0.4, -0.2) is 21.0 Å². The molecule has 7 heteroatoms. The first-order valence-corrected chi connectivity index (χ1v) is 7.67. The van der Waals surface area contributed by atoms with Gasteiger partial charge in [0, 0.05) is 10.7 Å². The number of nitrogens with one attached hydrogen (secondary N) is 1. The SMILES string of the molecule is Cc1ccc(Nc2ncnc3sc(C(=O)O)c(C)c23)cc1Cl. The third-order valence-corrected chi connectivity index (χ3v) is 4.95. The lowest BCUT2D eigenvalue weighted by Crippen LogP contribution is -1.97. The average molecular weight is 334 g/mol. The highest BCUT2D eigenvalue weighted by atomic mass is 35.5. The molecule has 0 amide bonds. The fourth-order valence-corrected chi connectivity index (χ4v) is 3.35. The molecule has 2 heterocycles. The minimum atomic E-state index is -0.954. The molecule has 0 aliphatic heterocycles. The predicted molar refractivity (Wildman–Crippen MR) is 88.6 cm³/mol. The van der Waals surface area contributed by atoms with Crippen LogP contribution < -0.4 is 5.32 Å². The number of carboxylic acids is 1. The standard InChI is InChI=1S/C15H12ClN3O2S/c1-7-3-4-9(5-10(7)16)19-13-11-8(2)12(15(20)21)22-14(11)18-6-17-13/h3-6H,1-2H3,(H,20,21)(H,17,18,19). The predicted octanol–water partition coefficient (Wildman–Crippen LogP) is 4.40. The molecule has 0 bridgehead atoms. The van der Waals surface area contributed by atoms with Gasteiger partial charge in [-0.15, -0.1) is 11.3 Å². The number of aromatic carboxylic acids is 1. The highest BCUT2D eigenvalue weighted by molar-refractivity contribution is 7.20. The number of carboxylic acid groups (broad SMARTS) is 1. The van der Waals surface area contributed by atoms with Crippen molar-refractivity contribution in [1.29, 1.82) is 0 Å². The van der Waals surface area contributed by atoms with Gasteiger partial charge in [-0.1, -0.05) is 17.7 Å². The second kappa shape index (κ2) is 5.55. The van der Waals surface area contributed by atoms with Gasteiger partial charge in [0.25, 0.3) is 0 Å². The number of aryl methyl sites for hydroxylation is 2. The van der Waals surface area contributed by atoms with Crippen LogP contribution in [0.15, 0.2) is 24.5 Å². The van der Waals surface area contributed by atoms with Crippen LogP contribution in [0.2, 0.25) is 5.02 Å².